The zero-order valence-corrected chi connectivity index (χ0v) is 20.2. The van der Waals surface area contributed by atoms with E-state index in [1.54, 1.807) is 0 Å². The van der Waals surface area contributed by atoms with Gasteiger partial charge in [-0.2, -0.15) is 0 Å². The van der Waals surface area contributed by atoms with Crippen LogP contribution in [-0.2, 0) is 14.3 Å². The van der Waals surface area contributed by atoms with Gasteiger partial charge in [0.2, 0.25) is 5.91 Å². The van der Waals surface area contributed by atoms with Crippen molar-refractivity contribution >= 4 is 18.0 Å². The zero-order valence-electron chi connectivity index (χ0n) is 20.2. The molecule has 3 unspecified atom stereocenters. The molecule has 0 heterocycles. The van der Waals surface area contributed by atoms with Gasteiger partial charge in [-0.3, -0.25) is 9.59 Å². The standard InChI is InChI=1S/C28H34N2O5/c1-2-3-8-19(16-26(31)29-20-14-13-18(15-20)27(32)33)30-28(34)35-17-25-23-11-6-4-9-21(23)22-10-5-7-12-24(22)25/h4-7,9-12,18-20,25H,2-3,8,13-17H2,1H3,(H,29,31)(H,30,34)(H,32,33). The van der Waals surface area contributed by atoms with E-state index in [0.29, 0.717) is 25.7 Å². The first kappa shape index (κ1) is 24.8. The van der Waals surface area contributed by atoms with Crippen molar-refractivity contribution in [2.75, 3.05) is 6.61 Å². The van der Waals surface area contributed by atoms with Gasteiger partial charge in [-0.1, -0.05) is 68.3 Å². The molecule has 7 nitrogen and oxygen atoms in total. The molecule has 2 aliphatic rings. The Kier molecular flexibility index (Phi) is 8.06. The number of fused-ring (bicyclic) bond motifs is 3. The average Bonchev–Trinajstić information content (AvgIpc) is 3.44. The molecule has 0 aliphatic heterocycles. The molecule has 2 aromatic rings. The number of aliphatic carboxylic acids is 1. The highest BCUT2D eigenvalue weighted by molar-refractivity contribution is 5.80. The van der Waals surface area contributed by atoms with Crippen molar-refractivity contribution < 1.29 is 24.2 Å². The molecular formula is C28H34N2O5. The second-order valence-electron chi connectivity index (χ2n) is 9.63. The van der Waals surface area contributed by atoms with Crippen molar-refractivity contribution in [2.45, 2.75) is 69.9 Å². The number of carboxylic acid groups (broad SMARTS) is 1. The highest BCUT2D eigenvalue weighted by Gasteiger charge is 2.32. The monoisotopic (exact) mass is 478 g/mol. The van der Waals surface area contributed by atoms with Crippen molar-refractivity contribution in [3.8, 4) is 11.1 Å². The molecule has 2 aromatic carbocycles. The number of carbonyl (C=O) groups excluding carboxylic acids is 2. The van der Waals surface area contributed by atoms with Crippen LogP contribution in [0, 0.1) is 5.92 Å². The molecule has 4 rings (SSSR count). The minimum atomic E-state index is -0.806. The van der Waals surface area contributed by atoms with Crippen LogP contribution in [0.15, 0.2) is 48.5 Å². The lowest BCUT2D eigenvalue weighted by Crippen LogP contribution is -2.42. The number of carbonyl (C=O) groups is 3. The molecule has 0 saturated heterocycles. The molecule has 2 amide bonds. The van der Waals surface area contributed by atoms with Crippen LogP contribution in [0.2, 0.25) is 0 Å². The number of hydrogen-bond acceptors (Lipinski definition) is 4. The predicted molar refractivity (Wildman–Crippen MR) is 133 cm³/mol. The van der Waals surface area contributed by atoms with Crippen LogP contribution in [0.1, 0.15) is 68.9 Å². The first-order chi connectivity index (χ1) is 17.0. The Bertz CT molecular complexity index is 1020. The lowest BCUT2D eigenvalue weighted by atomic mass is 9.98. The third kappa shape index (κ3) is 6.02. The van der Waals surface area contributed by atoms with Crippen LogP contribution in [0.5, 0.6) is 0 Å². The Balaban J connectivity index is 1.32. The molecule has 35 heavy (non-hydrogen) atoms. The maximum Gasteiger partial charge on any atom is 0.407 e. The quantitative estimate of drug-likeness (QED) is 0.453. The van der Waals surface area contributed by atoms with E-state index in [1.807, 2.05) is 24.3 Å². The van der Waals surface area contributed by atoms with E-state index in [2.05, 4.69) is 41.8 Å². The van der Waals surface area contributed by atoms with Crippen molar-refractivity contribution in [3.05, 3.63) is 59.7 Å². The minimum absolute atomic E-state index is 0.0184. The second kappa shape index (κ2) is 11.4. The van der Waals surface area contributed by atoms with Gasteiger partial charge in [0.25, 0.3) is 0 Å². The van der Waals surface area contributed by atoms with E-state index in [1.165, 1.54) is 11.1 Å². The van der Waals surface area contributed by atoms with Crippen molar-refractivity contribution in [3.63, 3.8) is 0 Å². The molecule has 3 N–H and O–H groups in total. The van der Waals surface area contributed by atoms with Crippen LogP contribution in [0.3, 0.4) is 0 Å². The molecule has 1 saturated carbocycles. The molecule has 0 aromatic heterocycles. The summed E-state index contributed by atoms with van der Waals surface area (Å²) in [4.78, 5) is 36.5. The van der Waals surface area contributed by atoms with E-state index < -0.39 is 18.0 Å². The number of alkyl carbamates (subject to hydrolysis) is 1. The summed E-state index contributed by atoms with van der Waals surface area (Å²) in [5, 5.41) is 15.0. The van der Waals surface area contributed by atoms with Gasteiger partial charge in [0, 0.05) is 24.4 Å². The number of rotatable bonds is 10. The molecule has 0 spiro atoms. The summed E-state index contributed by atoms with van der Waals surface area (Å²) in [5.41, 5.74) is 4.65. The van der Waals surface area contributed by atoms with Gasteiger partial charge in [0.15, 0.2) is 0 Å². The Morgan fingerprint density at radius 3 is 2.29 bits per heavy atom. The zero-order chi connectivity index (χ0) is 24.8. The Hall–Kier alpha value is -3.35. The second-order valence-corrected chi connectivity index (χ2v) is 9.63. The molecular weight excluding hydrogens is 444 g/mol. The number of carboxylic acids is 1. The minimum Gasteiger partial charge on any atom is -0.481 e. The SMILES string of the molecule is CCCCC(CC(=O)NC1CCC(C(=O)O)C1)NC(=O)OCC1c2ccccc2-c2ccccc21. The number of unbranched alkanes of at least 4 members (excludes halogenated alkanes) is 1. The maximum absolute atomic E-state index is 12.7. The fourth-order valence-electron chi connectivity index (χ4n) is 5.33. The highest BCUT2D eigenvalue weighted by Crippen LogP contribution is 2.44. The Labute approximate surface area is 206 Å². The van der Waals surface area contributed by atoms with Gasteiger partial charge in [-0.15, -0.1) is 0 Å². The van der Waals surface area contributed by atoms with Crippen LogP contribution in [0.25, 0.3) is 11.1 Å². The number of nitrogens with one attached hydrogen (secondary N) is 2. The summed E-state index contributed by atoms with van der Waals surface area (Å²) >= 11 is 0. The third-order valence-electron chi connectivity index (χ3n) is 7.15. The van der Waals surface area contributed by atoms with E-state index in [4.69, 9.17) is 4.74 Å². The summed E-state index contributed by atoms with van der Waals surface area (Å²) < 4.78 is 5.66. The van der Waals surface area contributed by atoms with Gasteiger partial charge in [-0.25, -0.2) is 4.79 Å². The van der Waals surface area contributed by atoms with E-state index in [-0.39, 0.29) is 36.9 Å². The first-order valence-corrected chi connectivity index (χ1v) is 12.6. The lowest BCUT2D eigenvalue weighted by Gasteiger charge is -2.21. The van der Waals surface area contributed by atoms with Gasteiger partial charge in [-0.05, 0) is 47.9 Å². The number of benzene rings is 2. The fraction of sp³-hybridized carbons (Fsp3) is 0.464. The molecule has 2 aliphatic carbocycles. The first-order valence-electron chi connectivity index (χ1n) is 12.6. The van der Waals surface area contributed by atoms with Crippen LogP contribution < -0.4 is 10.6 Å². The largest absolute Gasteiger partial charge is 0.481 e. The predicted octanol–water partition coefficient (Wildman–Crippen LogP) is 4.84. The van der Waals surface area contributed by atoms with Gasteiger partial charge < -0.3 is 20.5 Å². The van der Waals surface area contributed by atoms with Crippen LogP contribution in [-0.4, -0.2) is 41.8 Å². The normalized spacial score (nSPS) is 19.5. The van der Waals surface area contributed by atoms with Crippen molar-refractivity contribution in [1.29, 1.82) is 0 Å². The lowest BCUT2D eigenvalue weighted by molar-refractivity contribution is -0.141. The summed E-state index contributed by atoms with van der Waals surface area (Å²) in [6.07, 6.45) is 3.85. The molecule has 3 atom stereocenters. The summed E-state index contributed by atoms with van der Waals surface area (Å²) in [5.74, 6) is -1.38. The van der Waals surface area contributed by atoms with Crippen molar-refractivity contribution in [2.24, 2.45) is 5.92 Å². The maximum atomic E-state index is 12.7. The Morgan fingerprint density at radius 1 is 1.03 bits per heavy atom. The summed E-state index contributed by atoms with van der Waals surface area (Å²) in [7, 11) is 0. The van der Waals surface area contributed by atoms with Gasteiger partial charge in [0.1, 0.15) is 6.61 Å². The smallest absolute Gasteiger partial charge is 0.407 e. The van der Waals surface area contributed by atoms with Crippen molar-refractivity contribution in [1.82, 2.24) is 10.6 Å². The van der Waals surface area contributed by atoms with Crippen LogP contribution >= 0.6 is 0 Å². The fourth-order valence-corrected chi connectivity index (χ4v) is 5.33. The molecule has 186 valence electrons. The van der Waals surface area contributed by atoms with Crippen LogP contribution in [0.4, 0.5) is 4.79 Å². The highest BCUT2D eigenvalue weighted by atomic mass is 16.5. The molecule has 0 radical (unpaired) electrons. The van der Waals surface area contributed by atoms with E-state index >= 15 is 0 Å². The average molecular weight is 479 g/mol. The number of hydrogen-bond donors (Lipinski definition) is 3. The molecule has 7 heteroatoms. The third-order valence-corrected chi connectivity index (χ3v) is 7.15. The molecule has 1 fully saturated rings. The van der Waals surface area contributed by atoms with Gasteiger partial charge >= 0.3 is 12.1 Å². The number of ether oxygens (including phenoxy) is 1. The number of amides is 2. The van der Waals surface area contributed by atoms with Gasteiger partial charge in [0.05, 0.1) is 5.92 Å². The molecule has 0 bridgehead atoms. The Morgan fingerprint density at radius 2 is 1.69 bits per heavy atom. The summed E-state index contributed by atoms with van der Waals surface area (Å²) in [6.45, 7) is 2.29. The topological polar surface area (TPSA) is 105 Å². The van der Waals surface area contributed by atoms with E-state index in [0.717, 1.165) is 24.0 Å². The van der Waals surface area contributed by atoms with E-state index in [9.17, 15) is 19.5 Å². The summed E-state index contributed by atoms with van der Waals surface area (Å²) in [6, 6.07) is 15.9.